The van der Waals surface area contributed by atoms with E-state index in [4.69, 9.17) is 11.5 Å². The molecule has 2 aromatic carbocycles. The summed E-state index contributed by atoms with van der Waals surface area (Å²) in [5.74, 6) is -5.09. The normalized spacial score (nSPS) is 13.8. The van der Waals surface area contributed by atoms with Crippen LogP contribution < -0.4 is 27.4 Å². The molecule has 0 aliphatic rings. The highest BCUT2D eigenvalue weighted by Crippen LogP contribution is 2.08. The second-order valence-electron chi connectivity index (χ2n) is 9.39. The lowest BCUT2D eigenvalue weighted by Gasteiger charge is -2.25. The van der Waals surface area contributed by atoms with Crippen molar-refractivity contribution in [3.63, 3.8) is 0 Å². The minimum Gasteiger partial charge on any atom is -0.481 e. The Bertz CT molecular complexity index is 1130. The molecule has 3 amide bonds. The van der Waals surface area contributed by atoms with Crippen LogP contribution in [0, 0.1) is 0 Å². The predicted octanol–water partition coefficient (Wildman–Crippen LogP) is -0.0582. The molecule has 216 valence electrons. The lowest BCUT2D eigenvalue weighted by Crippen LogP contribution is -2.58. The zero-order valence-electron chi connectivity index (χ0n) is 22.1. The fourth-order valence-corrected chi connectivity index (χ4v) is 3.96. The first kappa shape index (κ1) is 31.9. The van der Waals surface area contributed by atoms with E-state index in [0.717, 1.165) is 0 Å². The van der Waals surface area contributed by atoms with Gasteiger partial charge in [-0.2, -0.15) is 0 Å². The molecule has 0 fully saturated rings. The quantitative estimate of drug-likeness (QED) is 0.130. The molecule has 0 bridgehead atoms. The molecule has 0 spiro atoms. The van der Waals surface area contributed by atoms with Crippen molar-refractivity contribution < 1.29 is 34.2 Å². The first-order valence-corrected chi connectivity index (χ1v) is 13.0. The summed E-state index contributed by atoms with van der Waals surface area (Å²) in [6.45, 7) is 0.453. The van der Waals surface area contributed by atoms with Crippen molar-refractivity contribution in [2.75, 3.05) is 6.54 Å². The van der Waals surface area contributed by atoms with Crippen molar-refractivity contribution in [2.45, 2.75) is 62.7 Å². The van der Waals surface area contributed by atoms with Gasteiger partial charge in [-0.25, -0.2) is 4.79 Å². The number of amides is 3. The van der Waals surface area contributed by atoms with Crippen molar-refractivity contribution in [1.29, 1.82) is 0 Å². The molecule has 0 aromatic heterocycles. The fraction of sp³-hybridized carbons (Fsp3) is 0.393. The van der Waals surface area contributed by atoms with Crippen molar-refractivity contribution in [2.24, 2.45) is 11.5 Å². The second kappa shape index (κ2) is 16.6. The van der Waals surface area contributed by atoms with Gasteiger partial charge in [0.1, 0.15) is 18.1 Å². The molecule has 0 aliphatic carbocycles. The van der Waals surface area contributed by atoms with E-state index >= 15 is 0 Å². The zero-order valence-corrected chi connectivity index (χ0v) is 22.1. The maximum absolute atomic E-state index is 13.3. The number of carbonyl (C=O) groups excluding carboxylic acids is 3. The maximum Gasteiger partial charge on any atom is 0.326 e. The van der Waals surface area contributed by atoms with Crippen LogP contribution in [0.4, 0.5) is 0 Å². The Morgan fingerprint density at radius 3 is 1.65 bits per heavy atom. The lowest BCUT2D eigenvalue weighted by atomic mass is 10.0. The minimum absolute atomic E-state index is 0.0428. The van der Waals surface area contributed by atoms with E-state index in [-0.39, 0.29) is 12.8 Å². The summed E-state index contributed by atoms with van der Waals surface area (Å²) in [7, 11) is 0. The summed E-state index contributed by atoms with van der Waals surface area (Å²) in [6, 6.07) is 12.3. The largest absolute Gasteiger partial charge is 0.481 e. The van der Waals surface area contributed by atoms with Gasteiger partial charge in [0, 0.05) is 12.8 Å². The van der Waals surface area contributed by atoms with E-state index in [1.54, 1.807) is 60.7 Å². The van der Waals surface area contributed by atoms with Gasteiger partial charge < -0.3 is 37.6 Å². The number of carbonyl (C=O) groups is 5. The number of aliphatic carboxylic acids is 2. The molecule has 2 aromatic rings. The summed E-state index contributed by atoms with van der Waals surface area (Å²) in [5.41, 5.74) is 12.8. The third-order valence-corrected chi connectivity index (χ3v) is 6.13. The van der Waals surface area contributed by atoms with Crippen molar-refractivity contribution in [3.05, 3.63) is 71.8 Å². The van der Waals surface area contributed by atoms with E-state index in [9.17, 15) is 34.2 Å². The van der Waals surface area contributed by atoms with E-state index in [2.05, 4.69) is 16.0 Å². The number of hydrogen-bond acceptors (Lipinski definition) is 7. The van der Waals surface area contributed by atoms with Gasteiger partial charge in [0.05, 0.1) is 12.5 Å². The summed E-state index contributed by atoms with van der Waals surface area (Å²) in [5, 5.41) is 26.3. The van der Waals surface area contributed by atoms with Crippen LogP contribution in [0.15, 0.2) is 60.7 Å². The van der Waals surface area contributed by atoms with Crippen molar-refractivity contribution in [3.8, 4) is 0 Å². The van der Waals surface area contributed by atoms with E-state index in [0.29, 0.717) is 36.9 Å². The molecule has 0 heterocycles. The molecule has 0 saturated heterocycles. The Labute approximate surface area is 232 Å². The number of nitrogens with two attached hydrogens (primary N) is 2. The van der Waals surface area contributed by atoms with Crippen LogP contribution in [0.3, 0.4) is 0 Å². The number of nitrogens with one attached hydrogen (secondary N) is 3. The topological polar surface area (TPSA) is 214 Å². The molecular formula is C28H37N5O7. The molecule has 0 radical (unpaired) electrons. The van der Waals surface area contributed by atoms with Crippen LogP contribution in [-0.2, 0) is 36.8 Å². The van der Waals surface area contributed by atoms with Gasteiger partial charge in [0.2, 0.25) is 17.7 Å². The van der Waals surface area contributed by atoms with Gasteiger partial charge in [-0.05, 0) is 30.5 Å². The number of rotatable bonds is 17. The average molecular weight is 556 g/mol. The number of carboxylic acids is 2. The standard InChI is InChI=1S/C28H37N5O7/c29-14-8-7-13-20(30)25(36)31-21(15-18-9-3-1-4-10-18)26(37)32-22(17-24(34)35)27(38)33-23(28(39)40)16-19-11-5-2-6-12-19/h1-6,9-12,20-23H,7-8,13-17,29-30H2,(H,31,36)(H,32,37)(H,33,38)(H,34,35)(H,39,40)/t20-,21-,22-,23-/m0/s1. The molecule has 2 rings (SSSR count). The van der Waals surface area contributed by atoms with Gasteiger partial charge in [0.15, 0.2) is 0 Å². The van der Waals surface area contributed by atoms with Gasteiger partial charge >= 0.3 is 11.9 Å². The van der Waals surface area contributed by atoms with Crippen LogP contribution in [-0.4, -0.2) is 70.6 Å². The van der Waals surface area contributed by atoms with E-state index in [1.807, 2.05) is 0 Å². The summed E-state index contributed by atoms with van der Waals surface area (Å²) in [6.07, 6.45) is 0.841. The zero-order chi connectivity index (χ0) is 29.5. The van der Waals surface area contributed by atoms with Crippen molar-refractivity contribution in [1.82, 2.24) is 16.0 Å². The van der Waals surface area contributed by atoms with Gasteiger partial charge in [-0.3, -0.25) is 19.2 Å². The molecule has 0 unspecified atom stereocenters. The number of unbranched alkanes of at least 4 members (excludes halogenated alkanes) is 1. The summed E-state index contributed by atoms with van der Waals surface area (Å²) in [4.78, 5) is 62.4. The molecule has 9 N–H and O–H groups in total. The van der Waals surface area contributed by atoms with Crippen LogP contribution in [0.5, 0.6) is 0 Å². The fourth-order valence-electron chi connectivity index (χ4n) is 3.96. The first-order chi connectivity index (χ1) is 19.1. The third kappa shape index (κ3) is 11.2. The van der Waals surface area contributed by atoms with Crippen molar-refractivity contribution >= 4 is 29.7 Å². The molecule has 0 aliphatic heterocycles. The molecule has 12 nitrogen and oxygen atoms in total. The molecule has 0 saturated carbocycles. The van der Waals surface area contributed by atoms with E-state index in [1.165, 1.54) is 0 Å². The summed E-state index contributed by atoms with van der Waals surface area (Å²) >= 11 is 0. The van der Waals surface area contributed by atoms with Gasteiger partial charge in [-0.1, -0.05) is 67.1 Å². The molecule has 40 heavy (non-hydrogen) atoms. The predicted molar refractivity (Wildman–Crippen MR) is 147 cm³/mol. The highest BCUT2D eigenvalue weighted by Gasteiger charge is 2.31. The van der Waals surface area contributed by atoms with E-state index < -0.39 is 60.2 Å². The Hall–Kier alpha value is -4.29. The van der Waals surface area contributed by atoms with Gasteiger partial charge in [0.25, 0.3) is 0 Å². The minimum atomic E-state index is -1.60. The van der Waals surface area contributed by atoms with Crippen LogP contribution in [0.1, 0.15) is 36.8 Å². The van der Waals surface area contributed by atoms with Gasteiger partial charge in [-0.15, -0.1) is 0 Å². The Morgan fingerprint density at radius 2 is 1.15 bits per heavy atom. The Kier molecular flexibility index (Phi) is 13.3. The Balaban J connectivity index is 2.19. The maximum atomic E-state index is 13.3. The second-order valence-corrected chi connectivity index (χ2v) is 9.39. The lowest BCUT2D eigenvalue weighted by molar-refractivity contribution is -0.143. The number of hydrogen-bond donors (Lipinski definition) is 7. The third-order valence-electron chi connectivity index (χ3n) is 6.13. The van der Waals surface area contributed by atoms with Crippen LogP contribution in [0.2, 0.25) is 0 Å². The summed E-state index contributed by atoms with van der Waals surface area (Å²) < 4.78 is 0. The van der Waals surface area contributed by atoms with Crippen LogP contribution in [0.25, 0.3) is 0 Å². The molecule has 12 heteroatoms. The number of benzene rings is 2. The average Bonchev–Trinajstić information content (AvgIpc) is 2.92. The number of carboxylic acid groups (broad SMARTS) is 2. The molecule has 4 atom stereocenters. The van der Waals surface area contributed by atoms with Crippen LogP contribution >= 0.6 is 0 Å². The highest BCUT2D eigenvalue weighted by atomic mass is 16.4. The highest BCUT2D eigenvalue weighted by molar-refractivity contribution is 5.95. The smallest absolute Gasteiger partial charge is 0.326 e. The monoisotopic (exact) mass is 555 g/mol. The SMILES string of the molecule is NCCCC[C@H](N)C(=O)N[C@@H](Cc1ccccc1)C(=O)N[C@@H](CC(=O)O)C(=O)N[C@@H](Cc1ccccc1)C(=O)O. The molecular weight excluding hydrogens is 518 g/mol. The first-order valence-electron chi connectivity index (χ1n) is 13.0. The Morgan fingerprint density at radius 1 is 0.675 bits per heavy atom.